The summed E-state index contributed by atoms with van der Waals surface area (Å²) in [7, 11) is -4.15. The van der Waals surface area contributed by atoms with Crippen LogP contribution in [0.3, 0.4) is 0 Å². The molecule has 2 rings (SSSR count). The molecule has 20 heavy (non-hydrogen) atoms. The molecule has 0 aromatic heterocycles. The van der Waals surface area contributed by atoms with Crippen LogP contribution in [0.25, 0.3) is 0 Å². The molecule has 0 atom stereocenters. The Bertz CT molecular complexity index is 722. The Labute approximate surface area is 121 Å². The van der Waals surface area contributed by atoms with Gasteiger partial charge in [0, 0.05) is 0 Å². The molecule has 0 saturated carbocycles. The first-order valence-corrected chi connectivity index (χ1v) is 7.51. The van der Waals surface area contributed by atoms with Gasteiger partial charge in [0.05, 0.1) is 16.4 Å². The van der Waals surface area contributed by atoms with Crippen LogP contribution in [-0.2, 0) is 10.0 Å². The first-order chi connectivity index (χ1) is 9.33. The predicted octanol–water partition coefficient (Wildman–Crippen LogP) is 3.17. The van der Waals surface area contributed by atoms with E-state index >= 15 is 0 Å². The van der Waals surface area contributed by atoms with Gasteiger partial charge in [-0.15, -0.1) is 0 Å². The van der Waals surface area contributed by atoms with Gasteiger partial charge in [-0.05, 0) is 30.7 Å². The Morgan fingerprint density at radius 1 is 1.20 bits per heavy atom. The highest BCUT2D eigenvalue weighted by atomic mass is 35.5. The number of nitrogens with one attached hydrogen (secondary N) is 1. The smallest absolute Gasteiger partial charge is 0.266 e. The van der Waals surface area contributed by atoms with Crippen LogP contribution in [0.1, 0.15) is 5.56 Å². The highest BCUT2D eigenvalue weighted by molar-refractivity contribution is 7.93. The lowest BCUT2D eigenvalue weighted by Crippen LogP contribution is -2.17. The van der Waals surface area contributed by atoms with E-state index in [1.54, 1.807) is 19.1 Å². The summed E-state index contributed by atoms with van der Waals surface area (Å²) in [4.78, 5) is -0.584. The first-order valence-electron chi connectivity index (χ1n) is 5.65. The van der Waals surface area contributed by atoms with Crippen LogP contribution in [0.15, 0.2) is 41.3 Å². The number of benzene rings is 2. The second-order valence-electron chi connectivity index (χ2n) is 4.20. The maximum Gasteiger partial charge on any atom is 0.266 e. The molecule has 4 nitrogen and oxygen atoms in total. The number of hydrogen-bond donors (Lipinski definition) is 2. The van der Waals surface area contributed by atoms with Crippen molar-refractivity contribution in [2.75, 3.05) is 10.5 Å². The summed E-state index contributed by atoms with van der Waals surface area (Å²) in [6.45, 7) is 1.69. The zero-order valence-electron chi connectivity index (χ0n) is 10.5. The van der Waals surface area contributed by atoms with Gasteiger partial charge in [0.1, 0.15) is 10.7 Å². The van der Waals surface area contributed by atoms with Crippen LogP contribution in [0.2, 0.25) is 5.02 Å². The Balaban J connectivity index is 2.53. The molecular formula is C13H12ClFN2O2S. The lowest BCUT2D eigenvalue weighted by atomic mass is 10.2. The number of halogens is 2. The highest BCUT2D eigenvalue weighted by Gasteiger charge is 2.23. The monoisotopic (exact) mass is 314 g/mol. The Kier molecular flexibility index (Phi) is 3.87. The molecule has 106 valence electrons. The molecule has 0 spiro atoms. The highest BCUT2D eigenvalue weighted by Crippen LogP contribution is 2.30. The topological polar surface area (TPSA) is 72.2 Å². The van der Waals surface area contributed by atoms with Gasteiger partial charge < -0.3 is 5.73 Å². The van der Waals surface area contributed by atoms with Crippen molar-refractivity contribution in [3.05, 3.63) is 52.8 Å². The van der Waals surface area contributed by atoms with Crippen molar-refractivity contribution in [3.8, 4) is 0 Å². The van der Waals surface area contributed by atoms with Crippen LogP contribution >= 0.6 is 11.6 Å². The SMILES string of the molecule is Cc1cccc(Cl)c1NS(=O)(=O)c1c(N)cccc1F. The number of aryl methyl sites for hydroxylation is 1. The van der Waals surface area contributed by atoms with Gasteiger partial charge in [0.2, 0.25) is 0 Å². The minimum Gasteiger partial charge on any atom is -0.398 e. The number of anilines is 2. The molecule has 0 aliphatic heterocycles. The van der Waals surface area contributed by atoms with Crippen molar-refractivity contribution in [2.24, 2.45) is 0 Å². The normalized spacial score (nSPS) is 11.3. The fraction of sp³-hybridized carbons (Fsp3) is 0.0769. The molecule has 0 amide bonds. The van der Waals surface area contributed by atoms with E-state index < -0.39 is 20.7 Å². The third kappa shape index (κ3) is 2.71. The van der Waals surface area contributed by atoms with Gasteiger partial charge in [-0.1, -0.05) is 29.8 Å². The van der Waals surface area contributed by atoms with E-state index in [0.29, 0.717) is 5.56 Å². The molecule has 0 unspecified atom stereocenters. The average Bonchev–Trinajstić information content (AvgIpc) is 2.33. The standard InChI is InChI=1S/C13H12ClFN2O2S/c1-8-4-2-5-9(14)12(8)17-20(18,19)13-10(15)6-3-7-11(13)16/h2-7,17H,16H2,1H3. The van der Waals surface area contributed by atoms with E-state index in [0.717, 1.165) is 6.07 Å². The van der Waals surface area contributed by atoms with Crippen LogP contribution in [0.5, 0.6) is 0 Å². The molecule has 2 aromatic carbocycles. The Morgan fingerprint density at radius 3 is 2.45 bits per heavy atom. The van der Waals surface area contributed by atoms with E-state index in [4.69, 9.17) is 17.3 Å². The van der Waals surface area contributed by atoms with Gasteiger partial charge in [0.25, 0.3) is 10.0 Å². The second-order valence-corrected chi connectivity index (χ2v) is 6.22. The fourth-order valence-electron chi connectivity index (χ4n) is 1.76. The molecule has 2 aromatic rings. The number of para-hydroxylation sites is 1. The molecule has 0 radical (unpaired) electrons. The van der Waals surface area contributed by atoms with Crippen LogP contribution in [0.4, 0.5) is 15.8 Å². The Morgan fingerprint density at radius 2 is 1.85 bits per heavy atom. The number of hydrogen-bond acceptors (Lipinski definition) is 3. The molecule has 0 fully saturated rings. The minimum absolute atomic E-state index is 0.165. The van der Waals surface area contributed by atoms with Crippen molar-refractivity contribution in [2.45, 2.75) is 11.8 Å². The largest absolute Gasteiger partial charge is 0.398 e. The number of sulfonamides is 1. The quantitative estimate of drug-likeness (QED) is 0.855. The lowest BCUT2D eigenvalue weighted by Gasteiger charge is -2.13. The average molecular weight is 315 g/mol. The molecular weight excluding hydrogens is 303 g/mol. The molecule has 0 heterocycles. The fourth-order valence-corrected chi connectivity index (χ4v) is 3.43. The predicted molar refractivity (Wildman–Crippen MR) is 77.8 cm³/mol. The van der Waals surface area contributed by atoms with E-state index in [-0.39, 0.29) is 16.4 Å². The summed E-state index contributed by atoms with van der Waals surface area (Å²) < 4.78 is 40.5. The number of nitrogens with two attached hydrogens (primary N) is 1. The summed E-state index contributed by atoms with van der Waals surface area (Å²) in [6, 6.07) is 8.60. The summed E-state index contributed by atoms with van der Waals surface area (Å²) in [6.07, 6.45) is 0. The molecule has 0 bridgehead atoms. The third-order valence-corrected chi connectivity index (χ3v) is 4.48. The molecule has 0 aliphatic rings. The summed E-state index contributed by atoms with van der Waals surface area (Å²) >= 11 is 5.95. The molecule has 0 saturated heterocycles. The van der Waals surface area contributed by atoms with Crippen molar-refractivity contribution in [1.82, 2.24) is 0 Å². The van der Waals surface area contributed by atoms with Gasteiger partial charge in [0.15, 0.2) is 0 Å². The molecule has 7 heteroatoms. The summed E-state index contributed by atoms with van der Waals surface area (Å²) in [5.41, 5.74) is 6.21. The molecule has 3 N–H and O–H groups in total. The van der Waals surface area contributed by atoms with Gasteiger partial charge in [-0.25, -0.2) is 12.8 Å². The third-order valence-electron chi connectivity index (χ3n) is 2.72. The maximum absolute atomic E-state index is 13.7. The lowest BCUT2D eigenvalue weighted by molar-refractivity contribution is 0.572. The first kappa shape index (κ1) is 14.6. The van der Waals surface area contributed by atoms with Crippen molar-refractivity contribution >= 4 is 33.0 Å². The van der Waals surface area contributed by atoms with Crippen molar-refractivity contribution < 1.29 is 12.8 Å². The van der Waals surface area contributed by atoms with Gasteiger partial charge in [-0.3, -0.25) is 4.72 Å². The summed E-state index contributed by atoms with van der Waals surface area (Å²) in [5.74, 6) is -0.915. The number of rotatable bonds is 3. The Hall–Kier alpha value is -1.79. The zero-order valence-corrected chi connectivity index (χ0v) is 12.1. The van der Waals surface area contributed by atoms with Crippen LogP contribution in [0, 0.1) is 12.7 Å². The van der Waals surface area contributed by atoms with Gasteiger partial charge >= 0.3 is 0 Å². The second kappa shape index (κ2) is 5.30. The molecule has 0 aliphatic carbocycles. The van der Waals surface area contributed by atoms with Crippen LogP contribution in [-0.4, -0.2) is 8.42 Å². The van der Waals surface area contributed by atoms with Gasteiger partial charge in [-0.2, -0.15) is 0 Å². The zero-order chi connectivity index (χ0) is 14.9. The maximum atomic E-state index is 13.7. The number of nitrogen functional groups attached to an aromatic ring is 1. The van der Waals surface area contributed by atoms with Crippen molar-refractivity contribution in [3.63, 3.8) is 0 Å². The van der Waals surface area contributed by atoms with E-state index in [1.165, 1.54) is 18.2 Å². The van der Waals surface area contributed by atoms with Crippen LogP contribution < -0.4 is 10.5 Å². The minimum atomic E-state index is -4.15. The van der Waals surface area contributed by atoms with Crippen molar-refractivity contribution in [1.29, 1.82) is 0 Å². The van der Waals surface area contributed by atoms with E-state index in [1.807, 2.05) is 0 Å². The van der Waals surface area contributed by atoms with E-state index in [9.17, 15) is 12.8 Å². The van der Waals surface area contributed by atoms with E-state index in [2.05, 4.69) is 4.72 Å². The summed E-state index contributed by atoms with van der Waals surface area (Å²) in [5, 5.41) is 0.225.